The largest absolute Gasteiger partial charge is 0.314 e. The van der Waals surface area contributed by atoms with Crippen LogP contribution in [0.3, 0.4) is 0 Å². The molecule has 48 valence electrons. The third-order valence-corrected chi connectivity index (χ3v) is 1.41. The smallest absolute Gasteiger partial charge is 0.0815 e. The number of nitrogens with zero attached hydrogens (tertiary/aromatic N) is 1. The van der Waals surface area contributed by atoms with E-state index in [9.17, 15) is 0 Å². The Labute approximate surface area is 49.4 Å². The van der Waals surface area contributed by atoms with Gasteiger partial charge in [-0.3, -0.25) is 4.84 Å². The molecule has 1 atom stereocenters. The molecule has 0 aromatic heterocycles. The first-order valence-electron chi connectivity index (χ1n) is 2.92. The molecule has 2 N–H and O–H groups in total. The highest BCUT2D eigenvalue weighted by molar-refractivity contribution is 4.57. The molecule has 1 saturated heterocycles. The molecule has 0 aliphatic carbocycles. The summed E-state index contributed by atoms with van der Waals surface area (Å²) in [6, 6.07) is 0. The van der Waals surface area contributed by atoms with Crippen LogP contribution in [0, 0.1) is 0 Å². The Kier molecular flexibility index (Phi) is 1.83. The van der Waals surface area contributed by atoms with Gasteiger partial charge in [-0.2, -0.15) is 5.06 Å². The van der Waals surface area contributed by atoms with E-state index in [1.54, 1.807) is 5.06 Å². The summed E-state index contributed by atoms with van der Waals surface area (Å²) in [4.78, 5) is 5.10. The monoisotopic (exact) mass is 116 g/mol. The van der Waals surface area contributed by atoms with Crippen molar-refractivity contribution in [2.45, 2.75) is 19.0 Å². The van der Waals surface area contributed by atoms with Crippen molar-refractivity contribution >= 4 is 0 Å². The van der Waals surface area contributed by atoms with Crippen molar-refractivity contribution in [3.05, 3.63) is 0 Å². The summed E-state index contributed by atoms with van der Waals surface area (Å²) < 4.78 is 0. The highest BCUT2D eigenvalue weighted by atomic mass is 16.7. The molecule has 1 unspecified atom stereocenters. The Morgan fingerprint density at radius 1 is 1.75 bits per heavy atom. The van der Waals surface area contributed by atoms with Gasteiger partial charge in [-0.25, -0.2) is 0 Å². The average molecular weight is 116 g/mol. The van der Waals surface area contributed by atoms with Crippen LogP contribution in [0.15, 0.2) is 0 Å². The summed E-state index contributed by atoms with van der Waals surface area (Å²) in [6.07, 6.45) is 2.26. The topological polar surface area (TPSA) is 38.5 Å². The lowest BCUT2D eigenvalue weighted by atomic mass is 10.2. The maximum atomic E-state index is 5.58. The van der Waals surface area contributed by atoms with Crippen molar-refractivity contribution in [2.75, 3.05) is 13.7 Å². The molecule has 0 spiro atoms. The molecule has 0 bridgehead atoms. The van der Waals surface area contributed by atoms with Crippen molar-refractivity contribution < 1.29 is 4.84 Å². The van der Waals surface area contributed by atoms with Gasteiger partial charge in [0.05, 0.1) is 12.8 Å². The second kappa shape index (κ2) is 2.44. The van der Waals surface area contributed by atoms with Crippen LogP contribution in [0.4, 0.5) is 0 Å². The zero-order chi connectivity index (χ0) is 5.98. The summed E-state index contributed by atoms with van der Waals surface area (Å²) >= 11 is 0. The van der Waals surface area contributed by atoms with Gasteiger partial charge in [0.15, 0.2) is 0 Å². The van der Waals surface area contributed by atoms with Crippen molar-refractivity contribution in [1.82, 2.24) is 5.06 Å². The Hall–Kier alpha value is -0.120. The number of hydrogen-bond donors (Lipinski definition) is 1. The van der Waals surface area contributed by atoms with Gasteiger partial charge in [-0.05, 0) is 12.8 Å². The molecule has 0 aromatic carbocycles. The van der Waals surface area contributed by atoms with Gasteiger partial charge < -0.3 is 5.73 Å². The molecule has 1 aliphatic rings. The first-order chi connectivity index (χ1) is 3.80. The average Bonchev–Trinajstić information content (AvgIpc) is 1.77. The number of nitrogens with two attached hydrogens (primary N) is 1. The molecule has 1 aliphatic heterocycles. The number of hydrogen-bond acceptors (Lipinski definition) is 3. The lowest BCUT2D eigenvalue weighted by molar-refractivity contribution is -0.191. The Morgan fingerprint density at radius 2 is 2.50 bits per heavy atom. The third-order valence-electron chi connectivity index (χ3n) is 1.41. The Balaban J connectivity index is 2.28. The Bertz CT molecular complexity index is 66.8. The predicted octanol–water partition coefficient (Wildman–Crippen LogP) is -0.0716. The van der Waals surface area contributed by atoms with E-state index in [4.69, 9.17) is 10.6 Å². The van der Waals surface area contributed by atoms with Gasteiger partial charge in [0.2, 0.25) is 0 Å². The van der Waals surface area contributed by atoms with Crippen LogP contribution in [-0.4, -0.2) is 24.9 Å². The first-order valence-corrected chi connectivity index (χ1v) is 2.92. The third kappa shape index (κ3) is 1.18. The summed E-state index contributed by atoms with van der Waals surface area (Å²) in [7, 11) is 1.86. The van der Waals surface area contributed by atoms with E-state index < -0.39 is 0 Å². The zero-order valence-electron chi connectivity index (χ0n) is 5.13. The maximum Gasteiger partial charge on any atom is 0.0815 e. The normalized spacial score (nSPS) is 33.0. The zero-order valence-corrected chi connectivity index (χ0v) is 5.13. The standard InChI is InChI=1S/C5H12N2O/c1-7-5(6)3-2-4-8-7/h5H,2-4,6H2,1H3. The minimum atomic E-state index is 0.115. The summed E-state index contributed by atoms with van der Waals surface area (Å²) in [6.45, 7) is 0.824. The minimum absolute atomic E-state index is 0.115. The molecule has 3 heteroatoms. The van der Waals surface area contributed by atoms with E-state index in [1.807, 2.05) is 7.05 Å². The van der Waals surface area contributed by atoms with Crippen molar-refractivity contribution in [1.29, 1.82) is 0 Å². The second-order valence-corrected chi connectivity index (χ2v) is 2.09. The number of rotatable bonds is 0. The van der Waals surface area contributed by atoms with Crippen molar-refractivity contribution in [2.24, 2.45) is 5.73 Å². The molecule has 0 amide bonds. The highest BCUT2D eigenvalue weighted by Gasteiger charge is 2.13. The van der Waals surface area contributed by atoms with Crippen LogP contribution in [-0.2, 0) is 4.84 Å². The van der Waals surface area contributed by atoms with Gasteiger partial charge in [0, 0.05) is 7.05 Å². The Morgan fingerprint density at radius 3 is 2.88 bits per heavy atom. The molecule has 1 fully saturated rings. The van der Waals surface area contributed by atoms with E-state index in [2.05, 4.69) is 0 Å². The summed E-state index contributed by atoms with van der Waals surface area (Å²) in [5.74, 6) is 0. The van der Waals surface area contributed by atoms with E-state index in [0.29, 0.717) is 0 Å². The van der Waals surface area contributed by atoms with Gasteiger partial charge in [-0.15, -0.1) is 0 Å². The quantitative estimate of drug-likeness (QED) is 0.481. The van der Waals surface area contributed by atoms with Gasteiger partial charge in [0.1, 0.15) is 0 Å². The number of hydroxylamine groups is 2. The van der Waals surface area contributed by atoms with Gasteiger partial charge in [-0.1, -0.05) is 0 Å². The molecule has 8 heavy (non-hydrogen) atoms. The van der Waals surface area contributed by atoms with Gasteiger partial charge in [0.25, 0.3) is 0 Å². The highest BCUT2D eigenvalue weighted by Crippen LogP contribution is 2.06. The second-order valence-electron chi connectivity index (χ2n) is 2.09. The van der Waals surface area contributed by atoms with E-state index in [0.717, 1.165) is 19.4 Å². The lowest BCUT2D eigenvalue weighted by Gasteiger charge is -2.28. The van der Waals surface area contributed by atoms with Crippen LogP contribution < -0.4 is 5.73 Å². The van der Waals surface area contributed by atoms with Crippen LogP contribution in [0.2, 0.25) is 0 Å². The van der Waals surface area contributed by atoms with Crippen LogP contribution in [0.25, 0.3) is 0 Å². The molecule has 0 saturated carbocycles. The maximum absolute atomic E-state index is 5.58. The van der Waals surface area contributed by atoms with E-state index in [-0.39, 0.29) is 6.17 Å². The van der Waals surface area contributed by atoms with Crippen LogP contribution >= 0.6 is 0 Å². The van der Waals surface area contributed by atoms with E-state index >= 15 is 0 Å². The first kappa shape index (κ1) is 6.01. The van der Waals surface area contributed by atoms with E-state index in [1.165, 1.54) is 0 Å². The predicted molar refractivity (Wildman–Crippen MR) is 30.9 cm³/mol. The molecule has 1 heterocycles. The SMILES string of the molecule is CN1OCCCC1N. The minimum Gasteiger partial charge on any atom is -0.314 e. The lowest BCUT2D eigenvalue weighted by Crippen LogP contribution is -2.42. The van der Waals surface area contributed by atoms with Crippen LogP contribution in [0.5, 0.6) is 0 Å². The molecular formula is C5H12N2O. The molecule has 3 nitrogen and oxygen atoms in total. The fourth-order valence-electron chi connectivity index (χ4n) is 0.779. The fraction of sp³-hybridized carbons (Fsp3) is 1.00. The molecule has 0 radical (unpaired) electrons. The molecule has 1 rings (SSSR count). The summed E-state index contributed by atoms with van der Waals surface area (Å²) in [5, 5.41) is 1.71. The van der Waals surface area contributed by atoms with Crippen molar-refractivity contribution in [3.8, 4) is 0 Å². The van der Waals surface area contributed by atoms with Crippen molar-refractivity contribution in [3.63, 3.8) is 0 Å². The fourth-order valence-corrected chi connectivity index (χ4v) is 0.779. The molecular weight excluding hydrogens is 104 g/mol. The summed E-state index contributed by atoms with van der Waals surface area (Å²) in [5.41, 5.74) is 5.58. The van der Waals surface area contributed by atoms with Crippen LogP contribution in [0.1, 0.15) is 12.8 Å². The van der Waals surface area contributed by atoms with Gasteiger partial charge >= 0.3 is 0 Å². The molecule has 0 aromatic rings.